The number of nitrogens with one attached hydrogen (secondary N) is 1. The molecule has 0 atom stereocenters. The predicted molar refractivity (Wildman–Crippen MR) is 115 cm³/mol. The molecule has 0 bridgehead atoms. The summed E-state index contributed by atoms with van der Waals surface area (Å²) in [5.41, 5.74) is 3.76. The Balaban J connectivity index is 1.74. The molecule has 1 amide bonds. The van der Waals surface area contributed by atoms with Crippen molar-refractivity contribution in [2.75, 3.05) is 20.8 Å². The summed E-state index contributed by atoms with van der Waals surface area (Å²) >= 11 is 0. The molecule has 2 aromatic carbocycles. The molecule has 6 nitrogen and oxygen atoms in total. The minimum absolute atomic E-state index is 0.281. The quantitative estimate of drug-likeness (QED) is 0.619. The first-order valence-corrected chi connectivity index (χ1v) is 9.81. The van der Waals surface area contributed by atoms with Crippen LogP contribution in [0.25, 0.3) is 5.69 Å². The molecular formula is C24H25N3O3. The lowest BCUT2D eigenvalue weighted by Crippen LogP contribution is -2.28. The highest BCUT2D eigenvalue weighted by Gasteiger charge is 2.18. The molecule has 0 radical (unpaired) electrons. The van der Waals surface area contributed by atoms with Gasteiger partial charge in [-0.1, -0.05) is 25.1 Å². The van der Waals surface area contributed by atoms with Gasteiger partial charge in [-0.15, -0.1) is 0 Å². The van der Waals surface area contributed by atoms with Crippen molar-refractivity contribution >= 4 is 5.91 Å². The fourth-order valence-electron chi connectivity index (χ4n) is 3.30. The van der Waals surface area contributed by atoms with Gasteiger partial charge in [-0.25, -0.2) is 0 Å². The largest absolute Gasteiger partial charge is 0.493 e. The molecule has 6 heteroatoms. The molecule has 0 fully saturated rings. The Morgan fingerprint density at radius 2 is 1.73 bits per heavy atom. The van der Waals surface area contributed by atoms with E-state index in [1.807, 2.05) is 42.5 Å². The fourth-order valence-corrected chi connectivity index (χ4v) is 3.30. The van der Waals surface area contributed by atoms with Gasteiger partial charge in [0.05, 0.1) is 19.8 Å². The summed E-state index contributed by atoms with van der Waals surface area (Å²) in [5, 5.41) is 12.4. The zero-order valence-corrected chi connectivity index (χ0v) is 17.4. The third kappa shape index (κ3) is 4.47. The number of amides is 1. The second-order valence-corrected chi connectivity index (χ2v) is 6.78. The van der Waals surface area contributed by atoms with Crippen molar-refractivity contribution in [1.82, 2.24) is 9.88 Å². The van der Waals surface area contributed by atoms with Gasteiger partial charge in [0.2, 0.25) is 0 Å². The Hall–Kier alpha value is -3.72. The van der Waals surface area contributed by atoms with Crippen molar-refractivity contribution in [3.8, 4) is 23.3 Å². The van der Waals surface area contributed by atoms with E-state index >= 15 is 0 Å². The van der Waals surface area contributed by atoms with Crippen LogP contribution < -0.4 is 14.8 Å². The number of hydrogen-bond acceptors (Lipinski definition) is 4. The number of methoxy groups -OCH3 is 2. The summed E-state index contributed by atoms with van der Waals surface area (Å²) in [4.78, 5) is 12.9. The molecule has 0 aliphatic rings. The Morgan fingerprint density at radius 3 is 2.37 bits per heavy atom. The van der Waals surface area contributed by atoms with Gasteiger partial charge in [-0.3, -0.25) is 4.79 Å². The van der Waals surface area contributed by atoms with Crippen LogP contribution in [0.2, 0.25) is 0 Å². The van der Waals surface area contributed by atoms with Crippen LogP contribution >= 0.6 is 0 Å². The Morgan fingerprint density at radius 1 is 1.03 bits per heavy atom. The monoisotopic (exact) mass is 403 g/mol. The number of carbonyl (C=O) groups is 1. The summed E-state index contributed by atoms with van der Waals surface area (Å²) in [6.07, 6.45) is 3.32. The van der Waals surface area contributed by atoms with Crippen molar-refractivity contribution in [3.05, 3.63) is 77.1 Å². The van der Waals surface area contributed by atoms with E-state index in [0.29, 0.717) is 35.7 Å². The van der Waals surface area contributed by atoms with Crippen LogP contribution in [0.15, 0.2) is 54.7 Å². The molecule has 30 heavy (non-hydrogen) atoms. The average molecular weight is 403 g/mol. The highest BCUT2D eigenvalue weighted by Crippen LogP contribution is 2.27. The van der Waals surface area contributed by atoms with E-state index in [0.717, 1.165) is 17.7 Å². The molecule has 3 aromatic rings. The highest BCUT2D eigenvalue weighted by molar-refractivity contribution is 5.95. The van der Waals surface area contributed by atoms with E-state index in [2.05, 4.69) is 18.3 Å². The predicted octanol–water partition coefficient (Wildman–Crippen LogP) is 3.90. The molecule has 154 valence electrons. The average Bonchev–Trinajstić information content (AvgIpc) is 3.23. The first-order chi connectivity index (χ1) is 14.6. The van der Waals surface area contributed by atoms with Crippen LogP contribution in [0.4, 0.5) is 0 Å². The molecule has 0 aliphatic carbocycles. The number of nitrogens with zero attached hydrogens (tertiary/aromatic N) is 2. The van der Waals surface area contributed by atoms with Gasteiger partial charge in [0.15, 0.2) is 11.5 Å². The lowest BCUT2D eigenvalue weighted by Gasteiger charge is -2.12. The van der Waals surface area contributed by atoms with Crippen LogP contribution in [-0.2, 0) is 12.8 Å². The minimum Gasteiger partial charge on any atom is -0.493 e. The first-order valence-electron chi connectivity index (χ1n) is 9.81. The number of hydrogen-bond donors (Lipinski definition) is 1. The molecule has 1 heterocycles. The number of aromatic nitrogens is 1. The second-order valence-electron chi connectivity index (χ2n) is 6.78. The second kappa shape index (κ2) is 9.66. The number of carbonyl (C=O) groups excluding carboxylic acids is 1. The van der Waals surface area contributed by atoms with Crippen molar-refractivity contribution in [3.63, 3.8) is 0 Å². The van der Waals surface area contributed by atoms with Crippen LogP contribution in [-0.4, -0.2) is 31.2 Å². The Labute approximate surface area is 176 Å². The van der Waals surface area contributed by atoms with E-state index in [1.165, 1.54) is 5.56 Å². The smallest absolute Gasteiger partial charge is 0.269 e. The highest BCUT2D eigenvalue weighted by atomic mass is 16.5. The SMILES string of the molecule is CCc1ccc(-n2ccc(C#N)c2C(=O)NCCc2ccc(OC)c(OC)c2)cc1. The Bertz CT molecular complexity index is 1060. The summed E-state index contributed by atoms with van der Waals surface area (Å²) in [6.45, 7) is 2.52. The maximum atomic E-state index is 12.9. The molecule has 0 aliphatic heterocycles. The van der Waals surface area contributed by atoms with Crippen molar-refractivity contribution in [2.45, 2.75) is 19.8 Å². The van der Waals surface area contributed by atoms with Gasteiger partial charge in [0, 0.05) is 18.4 Å². The van der Waals surface area contributed by atoms with Crippen LogP contribution in [0.5, 0.6) is 11.5 Å². The third-order valence-electron chi connectivity index (χ3n) is 4.99. The summed E-state index contributed by atoms with van der Waals surface area (Å²) < 4.78 is 12.3. The maximum absolute atomic E-state index is 12.9. The number of benzene rings is 2. The lowest BCUT2D eigenvalue weighted by atomic mass is 10.1. The Kier molecular flexibility index (Phi) is 6.76. The summed E-state index contributed by atoms with van der Waals surface area (Å²) in [6, 6.07) is 17.4. The number of nitriles is 1. The number of aryl methyl sites for hydroxylation is 1. The molecule has 0 spiro atoms. The standard InChI is InChI=1S/C24H25N3O3/c1-4-17-5-8-20(9-6-17)27-14-12-19(16-25)23(27)24(28)26-13-11-18-7-10-21(29-2)22(15-18)30-3/h5-10,12,14-15H,4,11,13H2,1-3H3,(H,26,28). The van der Waals surface area contributed by atoms with Gasteiger partial charge in [-0.2, -0.15) is 5.26 Å². The molecule has 0 unspecified atom stereocenters. The van der Waals surface area contributed by atoms with Crippen molar-refractivity contribution in [2.24, 2.45) is 0 Å². The van der Waals surface area contributed by atoms with Gasteiger partial charge < -0.3 is 19.4 Å². The molecule has 3 rings (SSSR count). The van der Waals surface area contributed by atoms with Crippen LogP contribution in [0.3, 0.4) is 0 Å². The van der Waals surface area contributed by atoms with E-state index < -0.39 is 0 Å². The van der Waals surface area contributed by atoms with Crippen LogP contribution in [0, 0.1) is 11.3 Å². The van der Waals surface area contributed by atoms with Crippen LogP contribution in [0.1, 0.15) is 34.1 Å². The van der Waals surface area contributed by atoms with Crippen molar-refractivity contribution < 1.29 is 14.3 Å². The zero-order chi connectivity index (χ0) is 21.5. The summed E-state index contributed by atoms with van der Waals surface area (Å²) in [5.74, 6) is 1.03. The summed E-state index contributed by atoms with van der Waals surface area (Å²) in [7, 11) is 3.18. The van der Waals surface area contributed by atoms with E-state index in [4.69, 9.17) is 9.47 Å². The lowest BCUT2D eigenvalue weighted by molar-refractivity contribution is 0.0947. The molecule has 1 N–H and O–H groups in total. The van der Waals surface area contributed by atoms with Crippen molar-refractivity contribution in [1.29, 1.82) is 5.26 Å². The van der Waals surface area contributed by atoms with E-state index in [-0.39, 0.29) is 5.91 Å². The topological polar surface area (TPSA) is 76.3 Å². The van der Waals surface area contributed by atoms with Gasteiger partial charge in [-0.05, 0) is 54.3 Å². The van der Waals surface area contributed by atoms with E-state index in [1.54, 1.807) is 31.0 Å². The van der Waals surface area contributed by atoms with Gasteiger partial charge >= 0.3 is 0 Å². The first kappa shape index (κ1) is 21.0. The zero-order valence-electron chi connectivity index (χ0n) is 17.4. The minimum atomic E-state index is -0.281. The molecule has 0 saturated heterocycles. The number of ether oxygens (including phenoxy) is 2. The van der Waals surface area contributed by atoms with E-state index in [9.17, 15) is 10.1 Å². The normalized spacial score (nSPS) is 10.3. The molecule has 0 saturated carbocycles. The van der Waals surface area contributed by atoms with Gasteiger partial charge in [0.25, 0.3) is 5.91 Å². The van der Waals surface area contributed by atoms with Gasteiger partial charge in [0.1, 0.15) is 11.8 Å². The number of rotatable bonds is 8. The molecular weight excluding hydrogens is 378 g/mol. The maximum Gasteiger partial charge on any atom is 0.269 e. The fraction of sp³-hybridized carbons (Fsp3) is 0.250. The third-order valence-corrected chi connectivity index (χ3v) is 4.99. The molecule has 1 aromatic heterocycles.